The average Bonchev–Trinajstić information content (AvgIpc) is 2.76. The second-order valence-electron chi connectivity index (χ2n) is 6.99. The number of sulfonamides is 1. The van der Waals surface area contributed by atoms with Gasteiger partial charge >= 0.3 is 0 Å². The third-order valence-electron chi connectivity index (χ3n) is 5.39. The van der Waals surface area contributed by atoms with E-state index in [2.05, 4.69) is 42.7 Å². The lowest BCUT2D eigenvalue weighted by Gasteiger charge is -2.06. The molecule has 120 valence electrons. The lowest BCUT2D eigenvalue weighted by molar-refractivity contribution is 0.457. The van der Waals surface area contributed by atoms with Crippen molar-refractivity contribution in [2.45, 2.75) is 46.1 Å². The average molecular weight is 313 g/mol. The maximum Gasteiger partial charge on any atom is 0.242 e. The fourth-order valence-electron chi connectivity index (χ4n) is 3.06. The molecule has 1 aromatic heterocycles. The van der Waals surface area contributed by atoms with Crippen LogP contribution in [-0.2, 0) is 16.6 Å². The van der Waals surface area contributed by atoms with Gasteiger partial charge < -0.3 is 10.3 Å². The molecule has 1 saturated carbocycles. The first-order valence-electron chi connectivity index (χ1n) is 7.50. The van der Waals surface area contributed by atoms with E-state index >= 15 is 0 Å². The summed E-state index contributed by atoms with van der Waals surface area (Å²) in [6, 6.07) is 1.69. The molecule has 2 rings (SSSR count). The van der Waals surface area contributed by atoms with Crippen LogP contribution in [-0.4, -0.2) is 26.5 Å². The van der Waals surface area contributed by atoms with Gasteiger partial charge in [-0.05, 0) is 29.4 Å². The maximum absolute atomic E-state index is 12.3. The minimum Gasteiger partial charge on any atom is -0.363 e. The van der Waals surface area contributed by atoms with Crippen LogP contribution < -0.4 is 10.0 Å². The van der Waals surface area contributed by atoms with Crippen molar-refractivity contribution in [2.24, 2.45) is 16.7 Å². The topological polar surface area (TPSA) is 74.0 Å². The summed E-state index contributed by atoms with van der Waals surface area (Å²) in [4.78, 5) is 3.31. The molecule has 1 aliphatic rings. The summed E-state index contributed by atoms with van der Waals surface area (Å²) in [5.41, 5.74) is 1.25. The standard InChI is InChI=1S/C15H27N3O2S/c1-6-16-8-11-7-12(9-17-11)21(19,20)18-10-13-14(2,3)15(13,4)5/h7,9,13,16-18H,6,8,10H2,1-5H3. The lowest BCUT2D eigenvalue weighted by Crippen LogP contribution is -2.27. The Kier molecular flexibility index (Phi) is 4.26. The molecule has 1 aromatic rings. The Bertz CT molecular complexity index is 588. The van der Waals surface area contributed by atoms with E-state index in [1.165, 1.54) is 0 Å². The molecule has 21 heavy (non-hydrogen) atoms. The van der Waals surface area contributed by atoms with Gasteiger partial charge in [-0.15, -0.1) is 0 Å². The molecule has 0 radical (unpaired) electrons. The second-order valence-corrected chi connectivity index (χ2v) is 8.76. The van der Waals surface area contributed by atoms with E-state index in [-0.39, 0.29) is 10.8 Å². The molecule has 0 amide bonds. The first kappa shape index (κ1) is 16.5. The Morgan fingerprint density at radius 3 is 2.38 bits per heavy atom. The minimum absolute atomic E-state index is 0.184. The lowest BCUT2D eigenvalue weighted by atomic mass is 10.0. The van der Waals surface area contributed by atoms with Crippen LogP contribution >= 0.6 is 0 Å². The second kappa shape index (κ2) is 5.41. The molecule has 1 fully saturated rings. The van der Waals surface area contributed by atoms with Crippen LogP contribution in [0.5, 0.6) is 0 Å². The number of aromatic amines is 1. The van der Waals surface area contributed by atoms with E-state index in [0.29, 0.717) is 23.9 Å². The van der Waals surface area contributed by atoms with E-state index in [4.69, 9.17) is 0 Å². The summed E-state index contributed by atoms with van der Waals surface area (Å²) in [7, 11) is -3.43. The molecule has 1 heterocycles. The number of H-pyrrole nitrogens is 1. The SMILES string of the molecule is CCNCc1cc(S(=O)(=O)NCC2C(C)(C)C2(C)C)c[nH]1. The molecule has 0 saturated heterocycles. The number of nitrogens with one attached hydrogen (secondary N) is 3. The first-order valence-corrected chi connectivity index (χ1v) is 8.99. The molecule has 3 N–H and O–H groups in total. The van der Waals surface area contributed by atoms with E-state index < -0.39 is 10.0 Å². The van der Waals surface area contributed by atoms with Gasteiger partial charge in [-0.3, -0.25) is 0 Å². The molecule has 0 unspecified atom stereocenters. The van der Waals surface area contributed by atoms with Crippen molar-refractivity contribution < 1.29 is 8.42 Å². The van der Waals surface area contributed by atoms with Crippen molar-refractivity contribution in [1.82, 2.24) is 15.0 Å². The molecular formula is C15H27N3O2S. The third kappa shape index (κ3) is 3.03. The normalized spacial score (nSPS) is 20.6. The minimum atomic E-state index is -3.43. The summed E-state index contributed by atoms with van der Waals surface area (Å²) in [5, 5.41) is 3.16. The third-order valence-corrected chi connectivity index (χ3v) is 6.79. The first-order chi connectivity index (χ1) is 9.63. The molecule has 6 heteroatoms. The Hall–Kier alpha value is -0.850. The fraction of sp³-hybridized carbons (Fsp3) is 0.733. The van der Waals surface area contributed by atoms with E-state index in [1.807, 2.05) is 6.92 Å². The fourth-order valence-corrected chi connectivity index (χ4v) is 4.12. The summed E-state index contributed by atoms with van der Waals surface area (Å²) in [5.74, 6) is 0.375. The highest BCUT2D eigenvalue weighted by Crippen LogP contribution is 2.67. The Labute approximate surface area is 128 Å². The van der Waals surface area contributed by atoms with Gasteiger partial charge in [0.1, 0.15) is 0 Å². The number of hydrogen-bond donors (Lipinski definition) is 3. The van der Waals surface area contributed by atoms with Gasteiger partial charge in [-0.25, -0.2) is 13.1 Å². The van der Waals surface area contributed by atoms with Gasteiger partial charge in [0.25, 0.3) is 0 Å². The van der Waals surface area contributed by atoms with Crippen LogP contribution in [0.15, 0.2) is 17.2 Å². The van der Waals surface area contributed by atoms with Gasteiger partial charge in [0.15, 0.2) is 0 Å². The van der Waals surface area contributed by atoms with Crippen molar-refractivity contribution in [3.05, 3.63) is 18.0 Å². The predicted octanol–water partition coefficient (Wildman–Crippen LogP) is 2.08. The van der Waals surface area contributed by atoms with Crippen LogP contribution in [0.2, 0.25) is 0 Å². The van der Waals surface area contributed by atoms with Crippen molar-refractivity contribution in [1.29, 1.82) is 0 Å². The van der Waals surface area contributed by atoms with Crippen LogP contribution in [0.25, 0.3) is 0 Å². The highest BCUT2D eigenvalue weighted by Gasteiger charge is 2.64. The zero-order valence-corrected chi connectivity index (χ0v) is 14.4. The summed E-state index contributed by atoms with van der Waals surface area (Å²) in [6.45, 7) is 12.8. The number of rotatable bonds is 7. The maximum atomic E-state index is 12.3. The predicted molar refractivity (Wildman–Crippen MR) is 84.4 cm³/mol. The largest absolute Gasteiger partial charge is 0.363 e. The summed E-state index contributed by atoms with van der Waals surface area (Å²) < 4.78 is 27.4. The van der Waals surface area contributed by atoms with Crippen LogP contribution in [0.1, 0.15) is 40.3 Å². The molecule has 1 aliphatic carbocycles. The molecular weight excluding hydrogens is 286 g/mol. The molecule has 0 aromatic carbocycles. The van der Waals surface area contributed by atoms with Gasteiger partial charge in [-0.1, -0.05) is 34.6 Å². The Morgan fingerprint density at radius 1 is 1.24 bits per heavy atom. The van der Waals surface area contributed by atoms with Crippen molar-refractivity contribution >= 4 is 10.0 Å². The van der Waals surface area contributed by atoms with Gasteiger partial charge in [0.2, 0.25) is 10.0 Å². The van der Waals surface area contributed by atoms with Crippen LogP contribution in [0, 0.1) is 16.7 Å². The van der Waals surface area contributed by atoms with Gasteiger partial charge in [-0.2, -0.15) is 0 Å². The van der Waals surface area contributed by atoms with E-state index in [1.54, 1.807) is 12.3 Å². The number of aromatic nitrogens is 1. The molecule has 0 atom stereocenters. The zero-order chi connectivity index (χ0) is 15.9. The van der Waals surface area contributed by atoms with Gasteiger partial charge in [0, 0.05) is 25.0 Å². The smallest absolute Gasteiger partial charge is 0.242 e. The van der Waals surface area contributed by atoms with Gasteiger partial charge in [0.05, 0.1) is 4.90 Å². The Morgan fingerprint density at radius 2 is 1.86 bits per heavy atom. The number of hydrogen-bond acceptors (Lipinski definition) is 3. The molecule has 0 bridgehead atoms. The van der Waals surface area contributed by atoms with E-state index in [9.17, 15) is 8.42 Å². The van der Waals surface area contributed by atoms with Crippen LogP contribution in [0.3, 0.4) is 0 Å². The molecule has 5 nitrogen and oxygen atoms in total. The molecule has 0 aliphatic heterocycles. The quantitative estimate of drug-likeness (QED) is 0.721. The highest BCUT2D eigenvalue weighted by molar-refractivity contribution is 7.89. The van der Waals surface area contributed by atoms with Crippen molar-refractivity contribution in [3.8, 4) is 0 Å². The Balaban J connectivity index is 1.98. The van der Waals surface area contributed by atoms with E-state index in [0.717, 1.165) is 12.2 Å². The zero-order valence-electron chi connectivity index (χ0n) is 13.6. The summed E-state index contributed by atoms with van der Waals surface area (Å²) in [6.07, 6.45) is 1.55. The van der Waals surface area contributed by atoms with Crippen LogP contribution in [0.4, 0.5) is 0 Å². The highest BCUT2D eigenvalue weighted by atomic mass is 32.2. The summed E-state index contributed by atoms with van der Waals surface area (Å²) >= 11 is 0. The molecule has 0 spiro atoms. The monoisotopic (exact) mass is 313 g/mol. The van der Waals surface area contributed by atoms with Crippen molar-refractivity contribution in [2.75, 3.05) is 13.1 Å². The van der Waals surface area contributed by atoms with Crippen molar-refractivity contribution in [3.63, 3.8) is 0 Å².